The molecule has 0 bridgehead atoms. The largest absolute Gasteiger partial charge is 0.383 e. The molecule has 0 aromatic carbocycles. The van der Waals surface area contributed by atoms with E-state index >= 15 is 0 Å². The molecule has 0 radical (unpaired) electrons. The fraction of sp³-hybridized carbons (Fsp3) is 0.417. The van der Waals surface area contributed by atoms with Crippen molar-refractivity contribution in [2.75, 3.05) is 25.6 Å². The molecule has 2 aromatic rings. The van der Waals surface area contributed by atoms with Crippen molar-refractivity contribution in [2.45, 2.75) is 6.92 Å². The summed E-state index contributed by atoms with van der Waals surface area (Å²) in [5, 5.41) is 12.5. The molecule has 0 spiro atoms. The first-order valence-electron chi connectivity index (χ1n) is 5.87. The average molecular weight is 280 g/mol. The Hall–Kier alpha value is -1.73. The summed E-state index contributed by atoms with van der Waals surface area (Å²) in [4.78, 5) is 12.1. The molecule has 0 unspecified atom stereocenters. The molecule has 0 amide bonds. The summed E-state index contributed by atoms with van der Waals surface area (Å²) in [7, 11) is 3.39. The van der Waals surface area contributed by atoms with Crippen LogP contribution < -0.4 is 10.9 Å². The van der Waals surface area contributed by atoms with Crippen molar-refractivity contribution in [1.82, 2.24) is 14.8 Å². The molecule has 0 aliphatic heterocycles. The van der Waals surface area contributed by atoms with Crippen molar-refractivity contribution in [3.63, 3.8) is 0 Å². The van der Waals surface area contributed by atoms with E-state index in [1.54, 1.807) is 24.8 Å². The lowest BCUT2D eigenvalue weighted by molar-refractivity contribution is 0.211. The minimum absolute atomic E-state index is 0.0559. The zero-order valence-corrected chi connectivity index (χ0v) is 12.0. The van der Waals surface area contributed by atoms with Crippen molar-refractivity contribution in [1.29, 1.82) is 0 Å². The van der Waals surface area contributed by atoms with Crippen LogP contribution in [0.4, 0.5) is 5.13 Å². The van der Waals surface area contributed by atoms with Gasteiger partial charge in [0.15, 0.2) is 5.01 Å². The van der Waals surface area contributed by atoms with Crippen LogP contribution in [-0.2, 0) is 11.8 Å². The zero-order valence-electron chi connectivity index (χ0n) is 11.1. The monoisotopic (exact) mass is 280 g/mol. The van der Waals surface area contributed by atoms with E-state index in [-0.39, 0.29) is 5.56 Å². The van der Waals surface area contributed by atoms with Gasteiger partial charge in [0.05, 0.1) is 12.2 Å². The Morgan fingerprint density at radius 1 is 1.42 bits per heavy atom. The van der Waals surface area contributed by atoms with E-state index in [4.69, 9.17) is 4.74 Å². The summed E-state index contributed by atoms with van der Waals surface area (Å²) >= 11 is 1.36. The molecule has 0 atom stereocenters. The van der Waals surface area contributed by atoms with Gasteiger partial charge in [0.25, 0.3) is 5.56 Å². The number of methoxy groups -OCH3 is 1. The maximum absolute atomic E-state index is 12.1. The topological polar surface area (TPSA) is 69.0 Å². The maximum Gasteiger partial charge on any atom is 0.260 e. The summed E-state index contributed by atoms with van der Waals surface area (Å²) in [6.07, 6.45) is 0. The molecule has 0 fully saturated rings. The van der Waals surface area contributed by atoms with E-state index < -0.39 is 0 Å². The number of hydrogen-bond acceptors (Lipinski definition) is 6. The van der Waals surface area contributed by atoms with E-state index in [2.05, 4.69) is 15.5 Å². The van der Waals surface area contributed by atoms with Gasteiger partial charge in [0.1, 0.15) is 0 Å². The van der Waals surface area contributed by atoms with Crippen molar-refractivity contribution < 1.29 is 4.74 Å². The number of nitrogens with one attached hydrogen (secondary N) is 1. The molecule has 2 heterocycles. The predicted octanol–water partition coefficient (Wildman–Crippen LogP) is 1.27. The van der Waals surface area contributed by atoms with Gasteiger partial charge in [0.2, 0.25) is 5.13 Å². The van der Waals surface area contributed by atoms with E-state index in [9.17, 15) is 4.79 Å². The summed E-state index contributed by atoms with van der Waals surface area (Å²) in [5.74, 6) is 0. The first-order valence-corrected chi connectivity index (χ1v) is 6.68. The highest BCUT2D eigenvalue weighted by Crippen LogP contribution is 2.23. The Kier molecular flexibility index (Phi) is 4.28. The number of hydrogen-bond donors (Lipinski definition) is 1. The molecule has 2 rings (SSSR count). The van der Waals surface area contributed by atoms with Crippen LogP contribution in [0.1, 0.15) is 5.69 Å². The molecule has 1 N–H and O–H groups in total. The maximum atomic E-state index is 12.1. The van der Waals surface area contributed by atoms with E-state index in [0.717, 1.165) is 5.69 Å². The number of nitrogens with zero attached hydrogens (tertiary/aromatic N) is 3. The van der Waals surface area contributed by atoms with E-state index in [1.807, 2.05) is 13.0 Å². The Bertz CT molecular complexity index is 620. The van der Waals surface area contributed by atoms with Crippen LogP contribution in [0.25, 0.3) is 10.6 Å². The third-order valence-corrected chi connectivity index (χ3v) is 3.71. The fourth-order valence-corrected chi connectivity index (χ4v) is 2.34. The van der Waals surface area contributed by atoms with Crippen LogP contribution in [0.2, 0.25) is 0 Å². The highest BCUT2D eigenvalue weighted by atomic mass is 32.1. The normalized spacial score (nSPS) is 10.7. The third-order valence-electron chi connectivity index (χ3n) is 2.79. The Labute approximate surface area is 115 Å². The van der Waals surface area contributed by atoms with Crippen molar-refractivity contribution in [3.05, 3.63) is 28.2 Å². The predicted molar refractivity (Wildman–Crippen MR) is 75.7 cm³/mol. The number of aromatic nitrogens is 3. The van der Waals surface area contributed by atoms with Gasteiger partial charge in [-0.25, -0.2) is 0 Å². The number of ether oxygens (including phenoxy) is 1. The van der Waals surface area contributed by atoms with Gasteiger partial charge in [0, 0.05) is 26.4 Å². The Morgan fingerprint density at radius 2 is 2.21 bits per heavy atom. The molecule has 0 aliphatic rings. The summed E-state index contributed by atoms with van der Waals surface area (Å²) in [5.41, 5.74) is 1.43. The highest BCUT2D eigenvalue weighted by Gasteiger charge is 2.11. The zero-order chi connectivity index (χ0) is 13.8. The lowest BCUT2D eigenvalue weighted by atomic mass is 10.2. The van der Waals surface area contributed by atoms with E-state index in [1.165, 1.54) is 11.3 Å². The summed E-state index contributed by atoms with van der Waals surface area (Å²) < 4.78 is 6.55. The molecule has 7 heteroatoms. The van der Waals surface area contributed by atoms with Crippen LogP contribution in [0.5, 0.6) is 0 Å². The molecule has 19 heavy (non-hydrogen) atoms. The fourth-order valence-electron chi connectivity index (χ4n) is 1.55. The highest BCUT2D eigenvalue weighted by molar-refractivity contribution is 7.18. The second-order valence-electron chi connectivity index (χ2n) is 4.08. The van der Waals surface area contributed by atoms with Gasteiger partial charge in [-0.2, -0.15) is 0 Å². The molecule has 0 aliphatic carbocycles. The third kappa shape index (κ3) is 2.99. The van der Waals surface area contributed by atoms with Crippen LogP contribution in [0, 0.1) is 6.92 Å². The average Bonchev–Trinajstić information content (AvgIpc) is 2.85. The standard InChI is InChI=1S/C12H16N4O2S/c1-8-4-5-9(11(17)16(8)2)10-14-15-12(19-10)13-6-7-18-3/h4-5H,6-7H2,1-3H3,(H,13,15). The summed E-state index contributed by atoms with van der Waals surface area (Å²) in [6, 6.07) is 3.69. The van der Waals surface area contributed by atoms with Crippen LogP contribution in [0.15, 0.2) is 16.9 Å². The molecular formula is C12H16N4O2S. The van der Waals surface area contributed by atoms with Gasteiger partial charge in [-0.3, -0.25) is 4.79 Å². The van der Waals surface area contributed by atoms with E-state index in [0.29, 0.717) is 28.9 Å². The van der Waals surface area contributed by atoms with Gasteiger partial charge in [-0.15, -0.1) is 10.2 Å². The first-order chi connectivity index (χ1) is 9.13. The molecule has 6 nitrogen and oxygen atoms in total. The smallest absolute Gasteiger partial charge is 0.260 e. The van der Waals surface area contributed by atoms with Gasteiger partial charge in [-0.05, 0) is 19.1 Å². The number of pyridine rings is 1. The minimum Gasteiger partial charge on any atom is -0.383 e. The second kappa shape index (κ2) is 5.94. The molecule has 0 saturated heterocycles. The molecule has 2 aromatic heterocycles. The Balaban J connectivity index is 2.23. The van der Waals surface area contributed by atoms with Crippen LogP contribution >= 0.6 is 11.3 Å². The summed E-state index contributed by atoms with van der Waals surface area (Å²) in [6.45, 7) is 3.15. The number of rotatable bonds is 5. The van der Waals surface area contributed by atoms with Crippen molar-refractivity contribution in [3.8, 4) is 10.6 Å². The molecule has 102 valence electrons. The SMILES string of the molecule is COCCNc1nnc(-c2ccc(C)n(C)c2=O)s1. The van der Waals surface area contributed by atoms with Gasteiger partial charge < -0.3 is 14.6 Å². The van der Waals surface area contributed by atoms with Crippen molar-refractivity contribution in [2.24, 2.45) is 7.05 Å². The lowest BCUT2D eigenvalue weighted by Crippen LogP contribution is -2.20. The number of aryl methyl sites for hydroxylation is 1. The lowest BCUT2D eigenvalue weighted by Gasteiger charge is -2.03. The van der Waals surface area contributed by atoms with Gasteiger partial charge >= 0.3 is 0 Å². The van der Waals surface area contributed by atoms with Crippen LogP contribution in [0.3, 0.4) is 0 Å². The Morgan fingerprint density at radius 3 is 2.95 bits per heavy atom. The second-order valence-corrected chi connectivity index (χ2v) is 5.06. The minimum atomic E-state index is -0.0559. The molecular weight excluding hydrogens is 264 g/mol. The molecule has 0 saturated carbocycles. The first kappa shape index (κ1) is 13.7. The number of anilines is 1. The van der Waals surface area contributed by atoms with Crippen molar-refractivity contribution >= 4 is 16.5 Å². The van der Waals surface area contributed by atoms with Crippen LogP contribution in [-0.4, -0.2) is 35.0 Å². The van der Waals surface area contributed by atoms with Gasteiger partial charge in [-0.1, -0.05) is 11.3 Å². The quantitative estimate of drug-likeness (QED) is 0.835.